The van der Waals surface area contributed by atoms with E-state index in [0.29, 0.717) is 17.3 Å². The quantitative estimate of drug-likeness (QED) is 0.430. The second kappa shape index (κ2) is 7.74. The van der Waals surface area contributed by atoms with Crippen LogP contribution in [0.3, 0.4) is 0 Å². The van der Waals surface area contributed by atoms with Crippen LogP contribution in [0.25, 0.3) is 10.2 Å². The Morgan fingerprint density at radius 2 is 1.66 bits per heavy atom. The third-order valence-electron chi connectivity index (χ3n) is 4.12. The molecule has 29 heavy (non-hydrogen) atoms. The van der Waals surface area contributed by atoms with Crippen LogP contribution in [-0.4, -0.2) is 30.4 Å². The molecule has 2 aromatic carbocycles. The second-order valence-corrected chi connectivity index (χ2v) is 9.31. The van der Waals surface area contributed by atoms with Crippen molar-refractivity contribution < 1.29 is 8.42 Å². The van der Waals surface area contributed by atoms with Gasteiger partial charge in [0.1, 0.15) is 18.0 Å². The molecule has 2 aromatic heterocycles. The van der Waals surface area contributed by atoms with Gasteiger partial charge in [0.2, 0.25) is 10.0 Å². The van der Waals surface area contributed by atoms with E-state index in [2.05, 4.69) is 30.3 Å². The summed E-state index contributed by atoms with van der Waals surface area (Å²) in [6, 6.07) is 14.2. The van der Waals surface area contributed by atoms with Crippen LogP contribution in [-0.2, 0) is 10.0 Å². The number of sulfonamides is 1. The van der Waals surface area contributed by atoms with Crippen molar-refractivity contribution in [2.75, 3.05) is 17.7 Å². The molecule has 3 N–H and O–H groups in total. The fourth-order valence-electron chi connectivity index (χ4n) is 2.77. The van der Waals surface area contributed by atoms with Crippen molar-refractivity contribution in [3.8, 4) is 0 Å². The first kappa shape index (κ1) is 19.2. The number of hydrogen-bond acceptors (Lipinski definition) is 8. The van der Waals surface area contributed by atoms with Gasteiger partial charge in [0, 0.05) is 17.4 Å². The molecule has 0 bridgehead atoms. The molecule has 0 aliphatic carbocycles. The van der Waals surface area contributed by atoms with E-state index in [4.69, 9.17) is 0 Å². The molecule has 10 heteroatoms. The number of nitrogens with zero attached hydrogens (tertiary/aromatic N) is 3. The minimum absolute atomic E-state index is 0.171. The summed E-state index contributed by atoms with van der Waals surface area (Å²) >= 11 is 1.65. The van der Waals surface area contributed by atoms with Crippen LogP contribution < -0.4 is 15.4 Å². The van der Waals surface area contributed by atoms with Gasteiger partial charge in [-0.15, -0.1) is 11.3 Å². The van der Waals surface area contributed by atoms with Crippen molar-refractivity contribution in [3.63, 3.8) is 0 Å². The monoisotopic (exact) mass is 426 g/mol. The maximum Gasteiger partial charge on any atom is 0.240 e. The van der Waals surface area contributed by atoms with Gasteiger partial charge in [-0.05, 0) is 50.4 Å². The summed E-state index contributed by atoms with van der Waals surface area (Å²) in [6.45, 7) is 1.98. The summed E-state index contributed by atoms with van der Waals surface area (Å²) in [6.07, 6.45) is 1.43. The topological polar surface area (TPSA) is 109 Å². The van der Waals surface area contributed by atoms with E-state index in [1.807, 2.05) is 25.1 Å². The summed E-state index contributed by atoms with van der Waals surface area (Å²) in [5, 5.41) is 7.37. The van der Waals surface area contributed by atoms with E-state index in [0.717, 1.165) is 20.9 Å². The van der Waals surface area contributed by atoms with Gasteiger partial charge in [-0.3, -0.25) is 0 Å². The van der Waals surface area contributed by atoms with E-state index in [-0.39, 0.29) is 4.90 Å². The minimum Gasteiger partial charge on any atom is -0.340 e. The first-order chi connectivity index (χ1) is 13.9. The Morgan fingerprint density at radius 3 is 2.38 bits per heavy atom. The van der Waals surface area contributed by atoms with Gasteiger partial charge >= 0.3 is 0 Å². The highest BCUT2D eigenvalue weighted by atomic mass is 32.2. The maximum absolute atomic E-state index is 12.0. The predicted molar refractivity (Wildman–Crippen MR) is 116 cm³/mol. The summed E-state index contributed by atoms with van der Waals surface area (Å²) in [5.74, 6) is 1.14. The van der Waals surface area contributed by atoms with Crippen LogP contribution in [0, 0.1) is 6.92 Å². The zero-order chi connectivity index (χ0) is 20.4. The Kier molecular flexibility index (Phi) is 5.14. The molecule has 2 heterocycles. The SMILES string of the molecule is CNS(=O)(=O)c1cccc(Nc2cc(Nc3ccc4sc(C)nc4c3)ncn2)c1. The molecule has 0 saturated heterocycles. The Labute approximate surface area is 172 Å². The van der Waals surface area contributed by atoms with Crippen molar-refractivity contribution in [1.29, 1.82) is 0 Å². The first-order valence-electron chi connectivity index (χ1n) is 8.70. The fourth-order valence-corrected chi connectivity index (χ4v) is 4.35. The molecule has 0 radical (unpaired) electrons. The van der Waals surface area contributed by atoms with E-state index < -0.39 is 10.0 Å². The lowest BCUT2D eigenvalue weighted by atomic mass is 10.3. The molecule has 0 spiro atoms. The number of fused-ring (bicyclic) bond motifs is 1. The smallest absolute Gasteiger partial charge is 0.240 e. The lowest BCUT2D eigenvalue weighted by molar-refractivity contribution is 0.588. The van der Waals surface area contributed by atoms with Crippen LogP contribution in [0.2, 0.25) is 0 Å². The molecule has 0 amide bonds. The Hall–Kier alpha value is -3.08. The molecule has 0 aliphatic rings. The van der Waals surface area contributed by atoms with Crippen LogP contribution in [0.1, 0.15) is 5.01 Å². The average Bonchev–Trinajstić information content (AvgIpc) is 3.08. The van der Waals surface area contributed by atoms with E-state index in [1.165, 1.54) is 19.4 Å². The predicted octanol–water partition coefficient (Wildman–Crippen LogP) is 3.79. The van der Waals surface area contributed by atoms with Crippen molar-refractivity contribution in [1.82, 2.24) is 19.7 Å². The number of benzene rings is 2. The van der Waals surface area contributed by atoms with Gasteiger partial charge in [-0.1, -0.05) is 6.07 Å². The van der Waals surface area contributed by atoms with Gasteiger partial charge in [-0.25, -0.2) is 28.1 Å². The molecular formula is C19H18N6O2S2. The van der Waals surface area contributed by atoms with Crippen molar-refractivity contribution in [2.45, 2.75) is 11.8 Å². The largest absolute Gasteiger partial charge is 0.340 e. The number of aromatic nitrogens is 3. The van der Waals surface area contributed by atoms with Crippen molar-refractivity contribution in [2.24, 2.45) is 0 Å². The molecule has 0 fully saturated rings. The van der Waals surface area contributed by atoms with E-state index in [1.54, 1.807) is 35.6 Å². The highest BCUT2D eigenvalue weighted by Gasteiger charge is 2.11. The molecule has 8 nitrogen and oxygen atoms in total. The van der Waals surface area contributed by atoms with Gasteiger partial charge in [-0.2, -0.15) is 0 Å². The number of thiazole rings is 1. The summed E-state index contributed by atoms with van der Waals surface area (Å²) < 4.78 is 27.4. The van der Waals surface area contributed by atoms with Crippen LogP contribution in [0.5, 0.6) is 0 Å². The molecular weight excluding hydrogens is 408 g/mol. The third-order valence-corrected chi connectivity index (χ3v) is 6.48. The van der Waals surface area contributed by atoms with E-state index in [9.17, 15) is 8.42 Å². The molecule has 0 saturated carbocycles. The minimum atomic E-state index is -3.52. The van der Waals surface area contributed by atoms with Gasteiger partial charge < -0.3 is 10.6 Å². The number of aryl methyl sites for hydroxylation is 1. The average molecular weight is 427 g/mol. The zero-order valence-corrected chi connectivity index (χ0v) is 17.3. The molecule has 4 aromatic rings. The highest BCUT2D eigenvalue weighted by Crippen LogP contribution is 2.26. The second-order valence-electron chi connectivity index (χ2n) is 6.19. The standard InChI is InChI=1S/C19H18N6O2S2/c1-12-23-16-9-14(6-7-17(16)28-12)25-19-10-18(21-11-22-19)24-13-4-3-5-15(8-13)29(26,27)20-2/h3-11,20H,1-2H3,(H2,21,22,24,25). The molecule has 0 aliphatic heterocycles. The summed E-state index contributed by atoms with van der Waals surface area (Å²) in [5.41, 5.74) is 2.41. The van der Waals surface area contributed by atoms with E-state index >= 15 is 0 Å². The normalized spacial score (nSPS) is 11.5. The lowest BCUT2D eigenvalue weighted by Gasteiger charge is -2.10. The number of rotatable bonds is 6. The van der Waals surface area contributed by atoms with Gasteiger partial charge in [0.25, 0.3) is 0 Å². The zero-order valence-electron chi connectivity index (χ0n) is 15.7. The summed E-state index contributed by atoms with van der Waals surface area (Å²) in [7, 11) is -2.14. The summed E-state index contributed by atoms with van der Waals surface area (Å²) in [4.78, 5) is 13.1. The van der Waals surface area contributed by atoms with Crippen LogP contribution in [0.15, 0.2) is 59.8 Å². The Bertz CT molecular complexity index is 1290. The molecule has 4 rings (SSSR count). The van der Waals surface area contributed by atoms with Gasteiger partial charge in [0.05, 0.1) is 20.1 Å². The molecule has 0 unspecified atom stereocenters. The number of hydrogen-bond donors (Lipinski definition) is 3. The van der Waals surface area contributed by atoms with Crippen molar-refractivity contribution >= 4 is 54.6 Å². The fraction of sp³-hybridized carbons (Fsp3) is 0.105. The van der Waals surface area contributed by atoms with Crippen LogP contribution >= 0.6 is 11.3 Å². The third kappa shape index (κ3) is 4.34. The Morgan fingerprint density at radius 1 is 0.931 bits per heavy atom. The Balaban J connectivity index is 1.55. The highest BCUT2D eigenvalue weighted by molar-refractivity contribution is 7.89. The first-order valence-corrected chi connectivity index (χ1v) is 11.0. The van der Waals surface area contributed by atoms with Crippen LogP contribution in [0.4, 0.5) is 23.0 Å². The molecule has 0 atom stereocenters. The number of nitrogens with one attached hydrogen (secondary N) is 3. The maximum atomic E-state index is 12.0. The van der Waals surface area contributed by atoms with Crippen molar-refractivity contribution in [3.05, 3.63) is 59.9 Å². The number of anilines is 4. The lowest BCUT2D eigenvalue weighted by Crippen LogP contribution is -2.18. The van der Waals surface area contributed by atoms with Gasteiger partial charge in [0.15, 0.2) is 0 Å². The molecule has 148 valence electrons.